The predicted molar refractivity (Wildman–Crippen MR) is 79.6 cm³/mol. The molecule has 1 aromatic heterocycles. The number of nitrogens with zero attached hydrogens (tertiary/aromatic N) is 1. The van der Waals surface area contributed by atoms with Gasteiger partial charge in [-0.25, -0.2) is 0 Å². The summed E-state index contributed by atoms with van der Waals surface area (Å²) in [6, 6.07) is 8.72. The van der Waals surface area contributed by atoms with Crippen molar-refractivity contribution in [3.63, 3.8) is 0 Å². The van der Waals surface area contributed by atoms with Gasteiger partial charge >= 0.3 is 0 Å². The van der Waals surface area contributed by atoms with Gasteiger partial charge in [-0.2, -0.15) is 0 Å². The molecule has 0 saturated carbocycles. The molecule has 0 bridgehead atoms. The van der Waals surface area contributed by atoms with Gasteiger partial charge in [0.05, 0.1) is 13.7 Å². The number of anilines is 1. The zero-order chi connectivity index (χ0) is 14.7. The molecule has 0 radical (unpaired) electrons. The number of furan rings is 1. The second-order valence-electron chi connectivity index (χ2n) is 4.29. The number of halogens is 1. The van der Waals surface area contributed by atoms with Crippen LogP contribution in [-0.2, 0) is 6.54 Å². The Bertz CT molecular complexity index is 625. The predicted octanol–water partition coefficient (Wildman–Crippen LogP) is 2.91. The summed E-state index contributed by atoms with van der Waals surface area (Å²) in [4.78, 5) is 14.0. The van der Waals surface area contributed by atoms with Gasteiger partial charge in [-0.15, -0.1) is 0 Å². The van der Waals surface area contributed by atoms with E-state index < -0.39 is 0 Å². The molecular formula is C14H15BrN2O3. The first-order valence-corrected chi connectivity index (χ1v) is 6.74. The number of nitrogens with two attached hydrogens (primary N) is 1. The molecule has 0 aliphatic carbocycles. The van der Waals surface area contributed by atoms with E-state index >= 15 is 0 Å². The lowest BCUT2D eigenvalue weighted by Crippen LogP contribution is -2.27. The van der Waals surface area contributed by atoms with Crippen molar-refractivity contribution in [2.45, 2.75) is 6.54 Å². The van der Waals surface area contributed by atoms with Crippen LogP contribution in [0.15, 0.2) is 39.4 Å². The van der Waals surface area contributed by atoms with Crippen molar-refractivity contribution in [1.82, 2.24) is 4.90 Å². The summed E-state index contributed by atoms with van der Waals surface area (Å²) >= 11 is 3.23. The lowest BCUT2D eigenvalue weighted by molar-refractivity contribution is 0.0772. The molecule has 5 nitrogen and oxygen atoms in total. The average Bonchev–Trinajstić information content (AvgIpc) is 2.82. The molecule has 0 fully saturated rings. The number of carbonyl (C=O) groups is 1. The molecule has 2 N–H and O–H groups in total. The second kappa shape index (κ2) is 6.00. The number of hydrogen-bond acceptors (Lipinski definition) is 4. The van der Waals surface area contributed by atoms with Crippen molar-refractivity contribution in [3.05, 3.63) is 46.3 Å². The maximum absolute atomic E-state index is 12.5. The summed E-state index contributed by atoms with van der Waals surface area (Å²) < 4.78 is 11.2. The number of methoxy groups -OCH3 is 1. The Morgan fingerprint density at radius 1 is 1.40 bits per heavy atom. The van der Waals surface area contributed by atoms with Crippen LogP contribution >= 0.6 is 15.9 Å². The first-order chi connectivity index (χ1) is 9.52. The molecule has 2 aromatic rings. The number of ether oxygens (including phenoxy) is 1. The Labute approximate surface area is 125 Å². The van der Waals surface area contributed by atoms with E-state index in [4.69, 9.17) is 14.9 Å². The summed E-state index contributed by atoms with van der Waals surface area (Å²) in [5.41, 5.74) is 6.63. The van der Waals surface area contributed by atoms with Gasteiger partial charge < -0.3 is 19.8 Å². The van der Waals surface area contributed by atoms with Crippen LogP contribution in [0.4, 0.5) is 5.69 Å². The minimum atomic E-state index is -0.215. The molecule has 0 unspecified atom stereocenters. The van der Waals surface area contributed by atoms with E-state index in [9.17, 15) is 4.79 Å². The van der Waals surface area contributed by atoms with Crippen molar-refractivity contribution in [2.24, 2.45) is 0 Å². The van der Waals surface area contributed by atoms with E-state index in [1.54, 1.807) is 37.4 Å². The third-order valence-corrected chi connectivity index (χ3v) is 3.29. The van der Waals surface area contributed by atoms with Crippen LogP contribution in [0.5, 0.6) is 5.75 Å². The van der Waals surface area contributed by atoms with Gasteiger partial charge in [-0.1, -0.05) is 6.07 Å². The van der Waals surface area contributed by atoms with Crippen molar-refractivity contribution in [3.8, 4) is 5.75 Å². The first kappa shape index (κ1) is 14.5. The molecule has 0 aliphatic rings. The topological polar surface area (TPSA) is 68.7 Å². The average molecular weight is 339 g/mol. The summed E-state index contributed by atoms with van der Waals surface area (Å²) in [5.74, 6) is 0.927. The Morgan fingerprint density at radius 2 is 2.15 bits per heavy atom. The summed E-state index contributed by atoms with van der Waals surface area (Å²) in [7, 11) is 3.19. The summed E-state index contributed by atoms with van der Waals surface area (Å²) in [6.45, 7) is 0.349. The molecule has 0 saturated heterocycles. The van der Waals surface area contributed by atoms with E-state index in [0.717, 1.165) is 0 Å². The van der Waals surface area contributed by atoms with Crippen molar-refractivity contribution in [2.75, 3.05) is 19.9 Å². The highest BCUT2D eigenvalue weighted by molar-refractivity contribution is 9.10. The standard InChI is InChI=1S/C14H15BrN2O3/c1-17(8-9-6-7-12(15)20-9)14(18)13-10(16)4-3-5-11(13)19-2/h3-7H,8,16H2,1-2H3. The van der Waals surface area contributed by atoms with Crippen LogP contribution in [-0.4, -0.2) is 25.0 Å². The van der Waals surface area contributed by atoms with Gasteiger partial charge in [0.25, 0.3) is 5.91 Å². The lowest BCUT2D eigenvalue weighted by atomic mass is 10.1. The lowest BCUT2D eigenvalue weighted by Gasteiger charge is -2.18. The summed E-state index contributed by atoms with van der Waals surface area (Å²) in [6.07, 6.45) is 0. The van der Waals surface area contributed by atoms with E-state index in [1.807, 2.05) is 0 Å². The fraction of sp³-hybridized carbons (Fsp3) is 0.214. The number of carbonyl (C=O) groups excluding carboxylic acids is 1. The molecule has 0 aliphatic heterocycles. The number of amides is 1. The largest absolute Gasteiger partial charge is 0.496 e. The number of nitrogen functional groups attached to an aromatic ring is 1. The third kappa shape index (κ3) is 2.96. The fourth-order valence-corrected chi connectivity index (χ4v) is 2.22. The van der Waals surface area contributed by atoms with Crippen molar-refractivity contribution in [1.29, 1.82) is 0 Å². The maximum Gasteiger partial charge on any atom is 0.259 e. The van der Waals surface area contributed by atoms with Gasteiger partial charge in [-0.05, 0) is 40.2 Å². The Morgan fingerprint density at radius 3 is 2.75 bits per heavy atom. The highest BCUT2D eigenvalue weighted by Crippen LogP contribution is 2.26. The minimum absolute atomic E-state index is 0.215. The molecule has 20 heavy (non-hydrogen) atoms. The number of rotatable bonds is 4. The molecule has 6 heteroatoms. The van der Waals surface area contributed by atoms with Crippen molar-refractivity contribution >= 4 is 27.5 Å². The SMILES string of the molecule is COc1cccc(N)c1C(=O)N(C)Cc1ccc(Br)o1. The van der Waals surface area contributed by atoms with Crippen LogP contribution in [0.3, 0.4) is 0 Å². The molecule has 1 heterocycles. The Balaban J connectivity index is 2.22. The van der Waals surface area contributed by atoms with Crippen LogP contribution in [0.25, 0.3) is 0 Å². The molecule has 0 atom stereocenters. The monoisotopic (exact) mass is 338 g/mol. The van der Waals surface area contributed by atoms with Crippen LogP contribution in [0.1, 0.15) is 16.1 Å². The van der Waals surface area contributed by atoms with Gasteiger partial charge in [0.2, 0.25) is 0 Å². The molecule has 1 aromatic carbocycles. The van der Waals surface area contributed by atoms with E-state index in [1.165, 1.54) is 12.0 Å². The second-order valence-corrected chi connectivity index (χ2v) is 5.07. The van der Waals surface area contributed by atoms with Gasteiger partial charge in [0.1, 0.15) is 17.1 Å². The Kier molecular flexibility index (Phi) is 4.34. The molecule has 106 valence electrons. The van der Waals surface area contributed by atoms with Gasteiger partial charge in [-0.3, -0.25) is 4.79 Å². The first-order valence-electron chi connectivity index (χ1n) is 5.95. The molecular weight excluding hydrogens is 324 g/mol. The minimum Gasteiger partial charge on any atom is -0.496 e. The van der Waals surface area contributed by atoms with E-state index in [2.05, 4.69) is 15.9 Å². The maximum atomic E-state index is 12.5. The normalized spacial score (nSPS) is 10.3. The quantitative estimate of drug-likeness (QED) is 0.870. The van der Waals surface area contributed by atoms with E-state index in [0.29, 0.717) is 34.0 Å². The fourth-order valence-electron chi connectivity index (χ4n) is 1.88. The van der Waals surface area contributed by atoms with Crippen LogP contribution < -0.4 is 10.5 Å². The molecule has 0 spiro atoms. The van der Waals surface area contributed by atoms with Crippen LogP contribution in [0, 0.1) is 0 Å². The Hall–Kier alpha value is -1.95. The van der Waals surface area contributed by atoms with Crippen molar-refractivity contribution < 1.29 is 13.9 Å². The zero-order valence-corrected chi connectivity index (χ0v) is 12.8. The van der Waals surface area contributed by atoms with E-state index in [-0.39, 0.29) is 5.91 Å². The van der Waals surface area contributed by atoms with Gasteiger partial charge in [0.15, 0.2) is 4.67 Å². The highest BCUT2D eigenvalue weighted by Gasteiger charge is 2.20. The van der Waals surface area contributed by atoms with Crippen LogP contribution in [0.2, 0.25) is 0 Å². The third-order valence-electron chi connectivity index (χ3n) is 2.86. The molecule has 1 amide bonds. The van der Waals surface area contributed by atoms with Gasteiger partial charge in [0, 0.05) is 12.7 Å². The zero-order valence-electron chi connectivity index (χ0n) is 11.2. The number of hydrogen-bond donors (Lipinski definition) is 1. The molecule has 2 rings (SSSR count). The summed E-state index contributed by atoms with van der Waals surface area (Å²) in [5, 5.41) is 0. The number of benzene rings is 1. The smallest absolute Gasteiger partial charge is 0.259 e. The highest BCUT2D eigenvalue weighted by atomic mass is 79.9.